The van der Waals surface area contributed by atoms with Crippen molar-refractivity contribution in [1.82, 2.24) is 4.98 Å². The number of carbonyl (C=O) groups is 1. The molecule has 0 radical (unpaired) electrons. The molecule has 0 saturated carbocycles. The number of nitrogens with zero attached hydrogens (tertiary/aromatic N) is 1. The zero-order valence-electron chi connectivity index (χ0n) is 17.2. The third-order valence-electron chi connectivity index (χ3n) is 6.35. The molecule has 1 heterocycles. The van der Waals surface area contributed by atoms with Crippen molar-refractivity contribution in [3.05, 3.63) is 70.4 Å². The van der Waals surface area contributed by atoms with E-state index >= 15 is 0 Å². The van der Waals surface area contributed by atoms with Gasteiger partial charge >= 0.3 is 5.97 Å². The molecule has 0 amide bonds. The van der Waals surface area contributed by atoms with Crippen LogP contribution >= 0.6 is 0 Å². The Morgan fingerprint density at radius 2 is 1.59 bits per heavy atom. The number of carboxylic acids is 1. The maximum atomic E-state index is 11.2. The molecule has 29 heavy (non-hydrogen) atoms. The number of rotatable bonds is 3. The highest BCUT2D eigenvalue weighted by Crippen LogP contribution is 2.46. The first-order valence-electron chi connectivity index (χ1n) is 9.86. The van der Waals surface area contributed by atoms with Gasteiger partial charge in [0.2, 0.25) is 0 Å². The zero-order chi connectivity index (χ0) is 21.0. The lowest BCUT2D eigenvalue weighted by Crippen LogP contribution is -2.34. The normalized spacial score (nSPS) is 17.9. The Labute approximate surface area is 170 Å². The van der Waals surface area contributed by atoms with E-state index < -0.39 is 5.97 Å². The summed E-state index contributed by atoms with van der Waals surface area (Å²) < 4.78 is 0. The Balaban J connectivity index is 1.82. The van der Waals surface area contributed by atoms with Crippen LogP contribution in [-0.4, -0.2) is 27.0 Å². The average molecular weight is 390 g/mol. The number of H-pyrrole nitrogens is 1. The summed E-state index contributed by atoms with van der Waals surface area (Å²) >= 11 is 0. The SMILES string of the molecule is CC1(C)CCC(C)(C)c2cc(/C(=N/O)c3cc4cc(C(=O)O)ccc4[nH]3)ccc21. The minimum Gasteiger partial charge on any atom is -0.478 e. The lowest BCUT2D eigenvalue weighted by atomic mass is 9.63. The lowest BCUT2D eigenvalue weighted by molar-refractivity contribution is 0.0697. The molecule has 5 nitrogen and oxygen atoms in total. The van der Waals surface area contributed by atoms with Crippen LogP contribution < -0.4 is 0 Å². The molecule has 0 atom stereocenters. The minimum absolute atomic E-state index is 0.0538. The molecule has 0 aliphatic heterocycles. The first kappa shape index (κ1) is 19.2. The largest absolute Gasteiger partial charge is 0.478 e. The highest BCUT2D eigenvalue weighted by atomic mass is 16.4. The van der Waals surface area contributed by atoms with Crippen LogP contribution in [-0.2, 0) is 10.8 Å². The van der Waals surface area contributed by atoms with Crippen LogP contribution in [0.5, 0.6) is 0 Å². The van der Waals surface area contributed by atoms with Gasteiger partial charge in [-0.2, -0.15) is 0 Å². The molecular formula is C24H26N2O3. The fraction of sp³-hybridized carbons (Fsp3) is 0.333. The van der Waals surface area contributed by atoms with Crippen LogP contribution in [0.25, 0.3) is 10.9 Å². The summed E-state index contributed by atoms with van der Waals surface area (Å²) in [5.41, 5.74) is 5.76. The molecule has 5 heteroatoms. The number of hydrogen-bond acceptors (Lipinski definition) is 3. The van der Waals surface area contributed by atoms with Gasteiger partial charge in [0.15, 0.2) is 0 Å². The van der Waals surface area contributed by atoms with Crippen molar-refractivity contribution < 1.29 is 15.1 Å². The first-order chi connectivity index (χ1) is 13.6. The van der Waals surface area contributed by atoms with E-state index in [0.29, 0.717) is 11.4 Å². The number of fused-ring (bicyclic) bond motifs is 2. The third kappa shape index (κ3) is 3.20. The van der Waals surface area contributed by atoms with E-state index in [-0.39, 0.29) is 16.4 Å². The molecule has 0 saturated heterocycles. The summed E-state index contributed by atoms with van der Waals surface area (Å²) in [5, 5.41) is 23.4. The van der Waals surface area contributed by atoms with Gasteiger partial charge in [-0.25, -0.2) is 4.79 Å². The highest BCUT2D eigenvalue weighted by Gasteiger charge is 2.37. The molecule has 1 aromatic heterocycles. The molecule has 0 bridgehead atoms. The molecule has 1 aliphatic rings. The van der Waals surface area contributed by atoms with E-state index in [1.54, 1.807) is 18.2 Å². The smallest absolute Gasteiger partial charge is 0.335 e. The maximum absolute atomic E-state index is 11.2. The van der Waals surface area contributed by atoms with Crippen LogP contribution in [0.1, 0.15) is 73.3 Å². The van der Waals surface area contributed by atoms with Gasteiger partial charge in [0.05, 0.1) is 11.3 Å². The van der Waals surface area contributed by atoms with Crippen molar-refractivity contribution in [3.63, 3.8) is 0 Å². The summed E-state index contributed by atoms with van der Waals surface area (Å²) in [6, 6.07) is 13.0. The van der Waals surface area contributed by atoms with Gasteiger partial charge in [0, 0.05) is 16.5 Å². The number of aromatic amines is 1. The fourth-order valence-corrected chi connectivity index (χ4v) is 4.40. The van der Waals surface area contributed by atoms with Gasteiger partial charge in [0.1, 0.15) is 5.71 Å². The van der Waals surface area contributed by atoms with Gasteiger partial charge in [0.25, 0.3) is 0 Å². The Morgan fingerprint density at radius 3 is 2.24 bits per heavy atom. The number of oxime groups is 1. The van der Waals surface area contributed by atoms with Gasteiger partial charge in [-0.15, -0.1) is 0 Å². The number of nitrogens with one attached hydrogen (secondary N) is 1. The number of carboxylic acid groups (broad SMARTS) is 1. The van der Waals surface area contributed by atoms with Crippen molar-refractivity contribution in [3.8, 4) is 0 Å². The topological polar surface area (TPSA) is 85.7 Å². The molecule has 150 valence electrons. The van der Waals surface area contributed by atoms with E-state index in [9.17, 15) is 15.1 Å². The Bertz CT molecular complexity index is 1150. The van der Waals surface area contributed by atoms with Crippen LogP contribution in [0.15, 0.2) is 47.6 Å². The van der Waals surface area contributed by atoms with Crippen molar-refractivity contribution in [2.75, 3.05) is 0 Å². The second-order valence-electron chi connectivity index (χ2n) is 9.27. The van der Waals surface area contributed by atoms with Crippen LogP contribution in [0.2, 0.25) is 0 Å². The third-order valence-corrected chi connectivity index (χ3v) is 6.35. The van der Waals surface area contributed by atoms with E-state index in [2.05, 4.69) is 50.0 Å². The molecule has 2 aromatic carbocycles. The number of aromatic carboxylic acids is 1. The minimum atomic E-state index is -0.967. The van der Waals surface area contributed by atoms with Gasteiger partial charge in [-0.3, -0.25) is 0 Å². The second kappa shape index (κ2) is 6.48. The van der Waals surface area contributed by atoms with Crippen LogP contribution in [0.3, 0.4) is 0 Å². The predicted octanol–water partition coefficient (Wildman–Crippen LogP) is 5.44. The number of aromatic nitrogens is 1. The molecule has 3 aromatic rings. The molecule has 3 N–H and O–H groups in total. The Kier molecular flexibility index (Phi) is 4.30. The van der Waals surface area contributed by atoms with Gasteiger partial charge < -0.3 is 15.3 Å². The summed E-state index contributed by atoms with van der Waals surface area (Å²) in [5.74, 6) is -0.967. The highest BCUT2D eigenvalue weighted by molar-refractivity contribution is 6.13. The molecule has 0 unspecified atom stereocenters. The summed E-state index contributed by atoms with van der Waals surface area (Å²) in [6.07, 6.45) is 2.24. The summed E-state index contributed by atoms with van der Waals surface area (Å²) in [6.45, 7) is 9.08. The van der Waals surface area contributed by atoms with Crippen molar-refractivity contribution >= 4 is 22.6 Å². The number of benzene rings is 2. The number of hydrogen-bond donors (Lipinski definition) is 3. The van der Waals surface area contributed by atoms with E-state index in [4.69, 9.17) is 0 Å². The molecule has 0 fully saturated rings. The predicted molar refractivity (Wildman–Crippen MR) is 114 cm³/mol. The molecule has 4 rings (SSSR count). The Hall–Kier alpha value is -3.08. The van der Waals surface area contributed by atoms with E-state index in [0.717, 1.165) is 29.3 Å². The van der Waals surface area contributed by atoms with E-state index in [1.807, 2.05) is 12.1 Å². The van der Waals surface area contributed by atoms with Crippen LogP contribution in [0.4, 0.5) is 0 Å². The van der Waals surface area contributed by atoms with Crippen LogP contribution in [0, 0.1) is 0 Å². The standard InChI is InChI=1S/C24H26N2O3/c1-23(2)9-10-24(3,4)18-12-14(5-7-17(18)23)21(26-29)20-13-16-11-15(22(27)28)6-8-19(16)25-20/h5-8,11-13,25,29H,9-10H2,1-4H3,(H,27,28)/b26-21-. The van der Waals surface area contributed by atoms with E-state index in [1.165, 1.54) is 11.1 Å². The summed E-state index contributed by atoms with van der Waals surface area (Å²) in [7, 11) is 0. The fourth-order valence-electron chi connectivity index (χ4n) is 4.40. The lowest BCUT2D eigenvalue weighted by Gasteiger charge is -2.42. The second-order valence-corrected chi connectivity index (χ2v) is 9.27. The molecule has 0 spiro atoms. The maximum Gasteiger partial charge on any atom is 0.335 e. The van der Waals surface area contributed by atoms with Gasteiger partial charge in [-0.05, 0) is 65.1 Å². The van der Waals surface area contributed by atoms with Crippen molar-refractivity contribution in [2.45, 2.75) is 51.4 Å². The summed E-state index contributed by atoms with van der Waals surface area (Å²) in [4.78, 5) is 14.5. The molecule has 1 aliphatic carbocycles. The molecular weight excluding hydrogens is 364 g/mol. The van der Waals surface area contributed by atoms with Crippen molar-refractivity contribution in [2.24, 2.45) is 5.16 Å². The Morgan fingerprint density at radius 1 is 0.931 bits per heavy atom. The van der Waals surface area contributed by atoms with Crippen molar-refractivity contribution in [1.29, 1.82) is 0 Å². The average Bonchev–Trinajstić information content (AvgIpc) is 3.09. The zero-order valence-corrected chi connectivity index (χ0v) is 17.2. The van der Waals surface area contributed by atoms with Gasteiger partial charge in [-0.1, -0.05) is 45.0 Å². The quantitative estimate of drug-likeness (QED) is 0.316. The monoisotopic (exact) mass is 390 g/mol. The first-order valence-corrected chi connectivity index (χ1v) is 9.86.